The average Bonchev–Trinajstić information content (AvgIpc) is 3.13. The molecule has 210 valence electrons. The number of carbonyl (C=O) groups excluding carboxylic acids is 1. The number of hydrogen-bond donors (Lipinski definition) is 3. The molecule has 2 aromatic heterocycles. The van der Waals surface area contributed by atoms with Crippen molar-refractivity contribution in [2.24, 2.45) is 17.3 Å². The van der Waals surface area contributed by atoms with Gasteiger partial charge in [0.1, 0.15) is 17.2 Å². The molecule has 0 bridgehead atoms. The van der Waals surface area contributed by atoms with Crippen LogP contribution >= 0.6 is 0 Å². The van der Waals surface area contributed by atoms with Crippen molar-refractivity contribution in [3.05, 3.63) is 47.5 Å². The molecule has 0 aliphatic carbocycles. The van der Waals surface area contributed by atoms with Crippen molar-refractivity contribution in [1.29, 1.82) is 0 Å². The van der Waals surface area contributed by atoms with Gasteiger partial charge in [0.25, 0.3) is 10.9 Å². The number of nitrogens with zero attached hydrogens (tertiary/aromatic N) is 2. The number of carbonyl (C=O) groups is 1. The van der Waals surface area contributed by atoms with E-state index in [0.717, 1.165) is 32.4 Å². The highest BCUT2D eigenvalue weighted by Gasteiger charge is 2.32. The summed E-state index contributed by atoms with van der Waals surface area (Å²) in [5, 5.41) is 7.23. The Bertz CT molecular complexity index is 1110. The molecule has 7 nitrogen and oxygen atoms in total. The van der Waals surface area contributed by atoms with Gasteiger partial charge in [0, 0.05) is 29.3 Å². The summed E-state index contributed by atoms with van der Waals surface area (Å²) in [6, 6.07) is 8.14. The Hall–Kier alpha value is -2.23. The van der Waals surface area contributed by atoms with Gasteiger partial charge in [0.05, 0.1) is 5.56 Å². The molecule has 2 aromatic rings. The molecule has 1 aliphatic heterocycles. The Labute approximate surface area is 230 Å². The lowest BCUT2D eigenvalue weighted by Crippen LogP contribution is -2.32. The van der Waals surface area contributed by atoms with E-state index in [1.165, 1.54) is 6.07 Å². The third-order valence-corrected chi connectivity index (χ3v) is 7.75. The highest BCUT2D eigenvalue weighted by atomic mass is 32.2. The zero-order valence-corrected chi connectivity index (χ0v) is 24.9. The first-order chi connectivity index (χ1) is 17.5. The predicted octanol–water partition coefficient (Wildman–Crippen LogP) is 5.61. The fourth-order valence-electron chi connectivity index (χ4n) is 5.11. The SMILES string of the molecule is CC(C)(C)CC(CNc1cccc([S+]([O-])NC(=O)c2ccc(C(C)(C)C)nc2F)n1)C[C@@H]1CNC(C)(C)C1. The maximum atomic E-state index is 14.5. The summed E-state index contributed by atoms with van der Waals surface area (Å²) in [6.07, 6.45) is 3.36. The highest BCUT2D eigenvalue weighted by Crippen LogP contribution is 2.33. The zero-order chi connectivity index (χ0) is 28.3. The Kier molecular flexibility index (Phi) is 9.48. The molecule has 0 saturated carbocycles. The normalized spacial score (nSPS) is 19.2. The second kappa shape index (κ2) is 11.9. The van der Waals surface area contributed by atoms with Crippen LogP contribution in [0, 0.1) is 23.2 Å². The van der Waals surface area contributed by atoms with Crippen LogP contribution in [-0.4, -0.2) is 39.1 Å². The van der Waals surface area contributed by atoms with Crippen LogP contribution in [0.25, 0.3) is 0 Å². The molecule has 3 N–H and O–H groups in total. The van der Waals surface area contributed by atoms with Crippen LogP contribution in [0.15, 0.2) is 35.4 Å². The molecular formula is C29H44FN5O2S. The van der Waals surface area contributed by atoms with Gasteiger partial charge in [0.15, 0.2) is 0 Å². The molecule has 1 aliphatic rings. The standard InChI is InChI=1S/C29H44FN5O2S/c1-27(2,3)15-19(14-20-16-29(7,8)32-18-20)17-31-23-10-9-11-24(34-23)38(37)35-26(36)21-12-13-22(28(4,5)6)33-25(21)30/h9-13,19-20,32H,14-18H2,1-8H3,(H,31,34)(H,35,36)/t19?,20-,38?/m0/s1. The summed E-state index contributed by atoms with van der Waals surface area (Å²) in [7, 11) is 0. The number of aromatic nitrogens is 2. The van der Waals surface area contributed by atoms with Crippen molar-refractivity contribution >= 4 is 23.1 Å². The third-order valence-electron chi connectivity index (χ3n) is 6.77. The largest absolute Gasteiger partial charge is 0.587 e. The lowest BCUT2D eigenvalue weighted by Gasteiger charge is -2.28. The number of pyridine rings is 2. The molecule has 2 unspecified atom stereocenters. The first-order valence-corrected chi connectivity index (χ1v) is 14.5. The second-order valence-corrected chi connectivity index (χ2v) is 14.6. The smallest absolute Gasteiger partial charge is 0.297 e. The Balaban J connectivity index is 1.63. The van der Waals surface area contributed by atoms with E-state index >= 15 is 0 Å². The van der Waals surface area contributed by atoms with Crippen LogP contribution in [-0.2, 0) is 16.8 Å². The Morgan fingerprint density at radius 3 is 2.47 bits per heavy atom. The number of anilines is 1. The molecular weight excluding hydrogens is 501 g/mol. The van der Waals surface area contributed by atoms with Crippen molar-refractivity contribution in [2.45, 2.75) is 90.6 Å². The highest BCUT2D eigenvalue weighted by molar-refractivity contribution is 7.90. The van der Waals surface area contributed by atoms with Crippen molar-refractivity contribution in [1.82, 2.24) is 20.0 Å². The van der Waals surface area contributed by atoms with Crippen LogP contribution in [0.4, 0.5) is 10.2 Å². The van der Waals surface area contributed by atoms with Crippen LogP contribution in [0.5, 0.6) is 0 Å². The fourth-order valence-corrected chi connectivity index (χ4v) is 5.87. The quantitative estimate of drug-likeness (QED) is 0.280. The van der Waals surface area contributed by atoms with Gasteiger partial charge in [-0.25, -0.2) is 4.98 Å². The van der Waals surface area contributed by atoms with Crippen molar-refractivity contribution in [2.75, 3.05) is 18.4 Å². The Morgan fingerprint density at radius 1 is 1.18 bits per heavy atom. The molecule has 3 heterocycles. The molecule has 38 heavy (non-hydrogen) atoms. The van der Waals surface area contributed by atoms with Gasteiger partial charge in [-0.05, 0) is 75.1 Å². The van der Waals surface area contributed by atoms with E-state index in [4.69, 9.17) is 0 Å². The van der Waals surface area contributed by atoms with Gasteiger partial charge in [-0.2, -0.15) is 14.1 Å². The van der Waals surface area contributed by atoms with Gasteiger partial charge in [0.2, 0.25) is 5.95 Å². The minimum Gasteiger partial charge on any atom is -0.587 e. The molecule has 3 rings (SSSR count). The lowest BCUT2D eigenvalue weighted by atomic mass is 9.79. The van der Waals surface area contributed by atoms with Gasteiger partial charge >= 0.3 is 0 Å². The van der Waals surface area contributed by atoms with E-state index in [9.17, 15) is 13.7 Å². The van der Waals surface area contributed by atoms with Gasteiger partial charge < -0.3 is 15.2 Å². The summed E-state index contributed by atoms with van der Waals surface area (Å²) in [5.74, 6) is -0.00370. The number of halogens is 1. The molecule has 9 heteroatoms. The van der Waals surface area contributed by atoms with E-state index in [1.807, 2.05) is 26.8 Å². The Morgan fingerprint density at radius 2 is 1.89 bits per heavy atom. The average molecular weight is 546 g/mol. The molecule has 1 amide bonds. The molecule has 0 spiro atoms. The first-order valence-electron chi connectivity index (χ1n) is 13.4. The van der Waals surface area contributed by atoms with Crippen LogP contribution < -0.4 is 15.4 Å². The summed E-state index contributed by atoms with van der Waals surface area (Å²) < 4.78 is 29.7. The second-order valence-electron chi connectivity index (χ2n) is 13.4. The third kappa shape index (κ3) is 8.92. The number of amides is 1. The van der Waals surface area contributed by atoms with Crippen molar-refractivity contribution < 1.29 is 13.7 Å². The number of nitrogens with one attached hydrogen (secondary N) is 3. The molecule has 3 atom stereocenters. The van der Waals surface area contributed by atoms with Crippen LogP contribution in [0.1, 0.15) is 90.7 Å². The first kappa shape index (κ1) is 30.3. The van der Waals surface area contributed by atoms with E-state index in [2.05, 4.69) is 59.9 Å². The van der Waals surface area contributed by atoms with Crippen LogP contribution in [0.3, 0.4) is 0 Å². The van der Waals surface area contributed by atoms with E-state index in [-0.39, 0.29) is 27.0 Å². The van der Waals surface area contributed by atoms with E-state index in [0.29, 0.717) is 23.3 Å². The maximum absolute atomic E-state index is 14.5. The zero-order valence-electron chi connectivity index (χ0n) is 24.1. The van der Waals surface area contributed by atoms with E-state index < -0.39 is 23.2 Å². The van der Waals surface area contributed by atoms with Crippen molar-refractivity contribution in [3.63, 3.8) is 0 Å². The van der Waals surface area contributed by atoms with E-state index in [1.54, 1.807) is 18.2 Å². The monoisotopic (exact) mass is 545 g/mol. The summed E-state index contributed by atoms with van der Waals surface area (Å²) >= 11 is -1.95. The minimum atomic E-state index is -1.95. The fraction of sp³-hybridized carbons (Fsp3) is 0.621. The topological polar surface area (TPSA) is 102 Å². The summed E-state index contributed by atoms with van der Waals surface area (Å²) in [5.41, 5.74) is 0.306. The molecule has 0 radical (unpaired) electrons. The molecule has 0 aromatic carbocycles. The van der Waals surface area contributed by atoms with Crippen LogP contribution in [0.2, 0.25) is 0 Å². The van der Waals surface area contributed by atoms with Gasteiger partial charge in [-0.3, -0.25) is 4.79 Å². The minimum absolute atomic E-state index is 0.183. The molecule has 1 saturated heterocycles. The number of hydrogen-bond acceptors (Lipinski definition) is 6. The summed E-state index contributed by atoms with van der Waals surface area (Å²) in [6.45, 7) is 18.8. The predicted molar refractivity (Wildman–Crippen MR) is 152 cm³/mol. The number of rotatable bonds is 9. The summed E-state index contributed by atoms with van der Waals surface area (Å²) in [4.78, 5) is 21.0. The maximum Gasteiger partial charge on any atom is 0.297 e. The lowest BCUT2D eigenvalue weighted by molar-refractivity contribution is 0.0976. The van der Waals surface area contributed by atoms with Crippen molar-refractivity contribution in [3.8, 4) is 0 Å². The van der Waals surface area contributed by atoms with Gasteiger partial charge in [-0.1, -0.05) is 47.6 Å². The van der Waals surface area contributed by atoms with Gasteiger partial charge in [-0.15, -0.1) is 0 Å². The molecule has 1 fully saturated rings.